The number of ketones is 1. The molecule has 0 aromatic rings. The third-order valence-electron chi connectivity index (χ3n) is 9.15. The first kappa shape index (κ1) is 21.3. The maximum absolute atomic E-state index is 12.7. The molecular formula is C20H26O11. The van der Waals surface area contributed by atoms with Gasteiger partial charge >= 0.3 is 5.97 Å². The second-order valence-corrected chi connectivity index (χ2v) is 9.84. The maximum atomic E-state index is 12.7. The molecule has 5 rings (SSSR count). The smallest absolute Gasteiger partial charge is 0.338 e. The Morgan fingerprint density at radius 2 is 1.77 bits per heavy atom. The van der Waals surface area contributed by atoms with E-state index in [-0.39, 0.29) is 12.0 Å². The number of Topliss-reactive ketones (excluding diaryl/α,β-unsaturated/α-hetero) is 1. The zero-order valence-corrected chi connectivity index (χ0v) is 16.9. The molecule has 5 aliphatic rings. The molecular weight excluding hydrogens is 416 g/mol. The highest BCUT2D eigenvalue weighted by Gasteiger charge is 2.89. The summed E-state index contributed by atoms with van der Waals surface area (Å²) in [7, 11) is 0. The van der Waals surface area contributed by atoms with Crippen molar-refractivity contribution in [3.05, 3.63) is 11.3 Å². The fraction of sp³-hybridized carbons (Fsp3) is 0.800. The van der Waals surface area contributed by atoms with Crippen molar-refractivity contribution in [2.24, 2.45) is 22.7 Å². The van der Waals surface area contributed by atoms with Crippen LogP contribution < -0.4 is 0 Å². The Bertz CT molecular complexity index is 917. The Morgan fingerprint density at radius 1 is 1.13 bits per heavy atom. The van der Waals surface area contributed by atoms with Crippen molar-refractivity contribution >= 4 is 11.8 Å². The monoisotopic (exact) mass is 442 g/mol. The summed E-state index contributed by atoms with van der Waals surface area (Å²) in [6.45, 7) is 1.54. The summed E-state index contributed by atoms with van der Waals surface area (Å²) in [5.41, 5.74) is -7.93. The van der Waals surface area contributed by atoms with Gasteiger partial charge in [-0.05, 0) is 24.8 Å². The van der Waals surface area contributed by atoms with Crippen LogP contribution in [0.2, 0.25) is 0 Å². The van der Waals surface area contributed by atoms with Gasteiger partial charge in [-0.2, -0.15) is 0 Å². The highest BCUT2D eigenvalue weighted by molar-refractivity contribution is 5.99. The molecule has 11 nitrogen and oxygen atoms in total. The van der Waals surface area contributed by atoms with Gasteiger partial charge in [-0.25, -0.2) is 4.79 Å². The summed E-state index contributed by atoms with van der Waals surface area (Å²) < 4.78 is 11.2. The average molecular weight is 442 g/mol. The van der Waals surface area contributed by atoms with Gasteiger partial charge in [-0.3, -0.25) is 4.79 Å². The molecule has 0 radical (unpaired) electrons. The van der Waals surface area contributed by atoms with E-state index in [0.717, 1.165) is 0 Å². The molecule has 11 unspecified atom stereocenters. The number of aliphatic hydroxyl groups is 7. The molecule has 2 saturated carbocycles. The number of allylic oxidation sites excluding steroid dienone is 1. The largest absolute Gasteiger partial charge is 0.504 e. The second-order valence-electron chi connectivity index (χ2n) is 9.84. The Kier molecular flexibility index (Phi) is 4.01. The summed E-state index contributed by atoms with van der Waals surface area (Å²) in [6.07, 6.45) is -8.95. The van der Waals surface area contributed by atoms with Crippen LogP contribution in [0.15, 0.2) is 11.3 Å². The molecule has 172 valence electrons. The lowest BCUT2D eigenvalue weighted by Crippen LogP contribution is -2.87. The molecule has 2 bridgehead atoms. The van der Waals surface area contributed by atoms with Gasteiger partial charge in [0.1, 0.15) is 23.9 Å². The van der Waals surface area contributed by atoms with Gasteiger partial charge in [0.2, 0.25) is 5.78 Å². The number of aliphatic hydroxyl groups excluding tert-OH is 6. The van der Waals surface area contributed by atoms with Gasteiger partial charge < -0.3 is 45.2 Å². The topological polar surface area (TPSA) is 194 Å². The van der Waals surface area contributed by atoms with E-state index in [1.165, 1.54) is 13.8 Å². The summed E-state index contributed by atoms with van der Waals surface area (Å²) in [6, 6.07) is 0. The molecule has 11 heteroatoms. The van der Waals surface area contributed by atoms with Crippen LogP contribution in [0.3, 0.4) is 0 Å². The highest BCUT2D eigenvalue weighted by atomic mass is 16.6. The number of ether oxygens (including phenoxy) is 2. The van der Waals surface area contributed by atoms with Crippen LogP contribution in [0.4, 0.5) is 0 Å². The number of hydrogen-bond donors (Lipinski definition) is 7. The van der Waals surface area contributed by atoms with Gasteiger partial charge in [0.15, 0.2) is 17.5 Å². The van der Waals surface area contributed by atoms with Crippen LogP contribution in [0.25, 0.3) is 0 Å². The van der Waals surface area contributed by atoms with Crippen molar-refractivity contribution in [1.82, 2.24) is 0 Å². The van der Waals surface area contributed by atoms with Crippen molar-refractivity contribution < 1.29 is 54.8 Å². The lowest BCUT2D eigenvalue weighted by molar-refractivity contribution is -0.358. The SMILES string of the molecule is CC1=C(O)C(=O)C(O)C2(C)C1CC1OC(=O)C(O)C3(O)C4(CO)OCC13C2C(O)C4O. The number of carbonyl (C=O) groups excluding carboxylic acids is 2. The average Bonchev–Trinajstić information content (AvgIpc) is 2.95. The minimum Gasteiger partial charge on any atom is -0.504 e. The molecule has 0 aromatic heterocycles. The number of fused-ring (bicyclic) bond motifs is 2. The summed E-state index contributed by atoms with van der Waals surface area (Å²) in [5.74, 6) is -4.85. The first-order chi connectivity index (χ1) is 14.4. The van der Waals surface area contributed by atoms with Crippen molar-refractivity contribution in [3.63, 3.8) is 0 Å². The minimum atomic E-state index is -2.58. The van der Waals surface area contributed by atoms with Gasteiger partial charge in [0.05, 0.1) is 24.7 Å². The van der Waals surface area contributed by atoms with Crippen LogP contribution in [0.5, 0.6) is 0 Å². The molecule has 7 N–H and O–H groups in total. The van der Waals surface area contributed by atoms with Gasteiger partial charge in [-0.1, -0.05) is 6.92 Å². The maximum Gasteiger partial charge on any atom is 0.338 e. The predicted molar refractivity (Wildman–Crippen MR) is 97.1 cm³/mol. The van der Waals surface area contributed by atoms with Crippen molar-refractivity contribution in [2.75, 3.05) is 13.2 Å². The van der Waals surface area contributed by atoms with E-state index in [1.807, 2.05) is 0 Å². The zero-order chi connectivity index (χ0) is 22.9. The lowest BCUT2D eigenvalue weighted by atomic mass is 9.36. The van der Waals surface area contributed by atoms with E-state index >= 15 is 0 Å². The Balaban J connectivity index is 1.84. The lowest BCUT2D eigenvalue weighted by Gasteiger charge is -2.70. The van der Waals surface area contributed by atoms with Gasteiger partial charge in [-0.15, -0.1) is 0 Å². The Morgan fingerprint density at radius 3 is 2.39 bits per heavy atom. The van der Waals surface area contributed by atoms with Crippen LogP contribution in [0, 0.1) is 22.7 Å². The third kappa shape index (κ3) is 1.82. The van der Waals surface area contributed by atoms with E-state index in [2.05, 4.69) is 0 Å². The number of rotatable bonds is 1. The fourth-order valence-corrected chi connectivity index (χ4v) is 7.67. The minimum absolute atomic E-state index is 0.0539. The molecule has 2 saturated heterocycles. The normalized spacial score (nSPS) is 58.0. The van der Waals surface area contributed by atoms with Crippen LogP contribution in [0.1, 0.15) is 20.3 Å². The van der Waals surface area contributed by atoms with Crippen LogP contribution >= 0.6 is 0 Å². The molecule has 2 heterocycles. The van der Waals surface area contributed by atoms with E-state index in [9.17, 15) is 45.3 Å². The van der Waals surface area contributed by atoms with E-state index in [0.29, 0.717) is 0 Å². The predicted octanol–water partition coefficient (Wildman–Crippen LogP) is -3.10. The summed E-state index contributed by atoms with van der Waals surface area (Å²) in [4.78, 5) is 25.2. The highest BCUT2D eigenvalue weighted by Crippen LogP contribution is 2.73. The van der Waals surface area contributed by atoms with Crippen molar-refractivity contribution in [3.8, 4) is 0 Å². The summed E-state index contributed by atoms with van der Waals surface area (Å²) in [5, 5.41) is 76.3. The van der Waals surface area contributed by atoms with Crippen molar-refractivity contribution in [1.29, 1.82) is 0 Å². The number of carbonyl (C=O) groups is 2. The first-order valence-electron chi connectivity index (χ1n) is 10.2. The van der Waals surface area contributed by atoms with Gasteiger partial charge in [0, 0.05) is 11.3 Å². The molecule has 3 aliphatic carbocycles. The number of esters is 1. The molecule has 4 fully saturated rings. The molecule has 1 spiro atoms. The standard InChI is InChI=1S/C20H26O11/c1-6-7-3-8-18-5-30-19(4-21,20(18,29)15(27)16(28)31-8)14(26)11(24)12(18)17(7,2)13(25)10(23)9(6)22/h7-8,11-15,21-22,24-27,29H,3-5H2,1-2H3. The number of hydrogen-bond acceptors (Lipinski definition) is 11. The molecule has 2 aliphatic heterocycles. The first-order valence-corrected chi connectivity index (χ1v) is 10.2. The summed E-state index contributed by atoms with van der Waals surface area (Å²) >= 11 is 0. The third-order valence-corrected chi connectivity index (χ3v) is 9.15. The molecule has 11 atom stereocenters. The van der Waals surface area contributed by atoms with Crippen molar-refractivity contribution in [2.45, 2.75) is 62.0 Å². The van der Waals surface area contributed by atoms with E-state index < -0.39 is 95.1 Å². The second kappa shape index (κ2) is 5.84. The fourth-order valence-electron chi connectivity index (χ4n) is 7.67. The van der Waals surface area contributed by atoms with E-state index in [4.69, 9.17) is 9.47 Å². The molecule has 31 heavy (non-hydrogen) atoms. The van der Waals surface area contributed by atoms with Crippen LogP contribution in [-0.4, -0.2) is 102 Å². The zero-order valence-electron chi connectivity index (χ0n) is 16.9. The Hall–Kier alpha value is -1.60. The quantitative estimate of drug-likeness (QED) is 0.203. The molecule has 0 aromatic carbocycles. The Labute approximate surface area is 176 Å². The molecule has 0 amide bonds. The van der Waals surface area contributed by atoms with Crippen LogP contribution in [-0.2, 0) is 19.1 Å². The van der Waals surface area contributed by atoms with Gasteiger partial charge in [0.25, 0.3) is 0 Å². The van der Waals surface area contributed by atoms with E-state index in [1.54, 1.807) is 0 Å².